The lowest BCUT2D eigenvalue weighted by atomic mass is 10.1. The topological polar surface area (TPSA) is 34.1 Å². The van der Waals surface area contributed by atoms with Gasteiger partial charge in [-0.25, -0.2) is 12.8 Å². The summed E-state index contributed by atoms with van der Waals surface area (Å²) in [5, 5.41) is 0. The number of rotatable bonds is 2. The number of halogens is 1. The van der Waals surface area contributed by atoms with Crippen LogP contribution in [0.4, 0.5) is 4.39 Å². The predicted molar refractivity (Wildman–Crippen MR) is 63.8 cm³/mol. The van der Waals surface area contributed by atoms with Crippen LogP contribution in [0, 0.1) is 11.9 Å². The minimum Gasteiger partial charge on any atom is -0.224 e. The molecule has 0 saturated carbocycles. The van der Waals surface area contributed by atoms with E-state index in [4.69, 9.17) is 0 Å². The lowest BCUT2D eigenvalue weighted by Gasteiger charge is -2.07. The Morgan fingerprint density at radius 3 is 2.59 bits per heavy atom. The molecule has 2 nitrogen and oxygen atoms in total. The van der Waals surface area contributed by atoms with Gasteiger partial charge in [-0.05, 0) is 29.8 Å². The number of hydrogen-bond donors (Lipinski definition) is 0. The fourth-order valence-electron chi connectivity index (χ4n) is 1.60. The predicted octanol–water partition coefficient (Wildman–Crippen LogP) is 2.70. The van der Waals surface area contributed by atoms with Crippen LogP contribution in [0.25, 0.3) is 11.1 Å². The van der Waals surface area contributed by atoms with Crippen LogP contribution >= 0.6 is 0 Å². The minimum absolute atomic E-state index is 0.158. The van der Waals surface area contributed by atoms with Gasteiger partial charge in [-0.3, -0.25) is 0 Å². The van der Waals surface area contributed by atoms with Crippen molar-refractivity contribution in [3.05, 3.63) is 54.3 Å². The molecule has 2 aromatic rings. The molecule has 0 fully saturated rings. The van der Waals surface area contributed by atoms with E-state index in [2.05, 4.69) is 6.07 Å². The van der Waals surface area contributed by atoms with E-state index in [1.165, 1.54) is 24.3 Å². The van der Waals surface area contributed by atoms with Crippen molar-refractivity contribution in [1.29, 1.82) is 0 Å². The Hall–Kier alpha value is -1.68. The van der Waals surface area contributed by atoms with Crippen LogP contribution in [0.1, 0.15) is 0 Å². The molecule has 1 radical (unpaired) electrons. The second-order valence-electron chi connectivity index (χ2n) is 3.69. The summed E-state index contributed by atoms with van der Waals surface area (Å²) in [6.45, 7) is 0. The van der Waals surface area contributed by atoms with Gasteiger partial charge in [-0.15, -0.1) is 0 Å². The van der Waals surface area contributed by atoms with Crippen molar-refractivity contribution in [2.24, 2.45) is 0 Å². The van der Waals surface area contributed by atoms with Crippen LogP contribution in [0.15, 0.2) is 47.4 Å². The van der Waals surface area contributed by atoms with Gasteiger partial charge in [-0.1, -0.05) is 24.3 Å². The Kier molecular flexibility index (Phi) is 2.98. The summed E-state index contributed by atoms with van der Waals surface area (Å²) in [6.07, 6.45) is 1.12. The molecule has 0 aliphatic carbocycles. The van der Waals surface area contributed by atoms with E-state index in [1.54, 1.807) is 18.2 Å². The average Bonchev–Trinajstić information content (AvgIpc) is 2.28. The Labute approximate surface area is 99.6 Å². The number of benzene rings is 2. The Morgan fingerprint density at radius 1 is 1.18 bits per heavy atom. The zero-order valence-electron chi connectivity index (χ0n) is 9.14. The molecule has 0 amide bonds. The third-order valence-electron chi connectivity index (χ3n) is 2.33. The van der Waals surface area contributed by atoms with Crippen LogP contribution in [-0.2, 0) is 9.84 Å². The van der Waals surface area contributed by atoms with Gasteiger partial charge in [0.05, 0.1) is 4.90 Å². The molecule has 2 rings (SSSR count). The quantitative estimate of drug-likeness (QED) is 0.820. The van der Waals surface area contributed by atoms with Crippen molar-refractivity contribution in [3.63, 3.8) is 0 Å². The van der Waals surface area contributed by atoms with Crippen molar-refractivity contribution in [3.8, 4) is 11.1 Å². The first-order valence-corrected chi connectivity index (χ1v) is 6.84. The zero-order chi connectivity index (χ0) is 12.5. The second-order valence-corrected chi connectivity index (χ2v) is 5.68. The molecule has 87 valence electrons. The molecular formula is C13H10FO2S. The molecule has 0 spiro atoms. The summed E-state index contributed by atoms with van der Waals surface area (Å²) in [5.74, 6) is -0.404. The summed E-state index contributed by atoms with van der Waals surface area (Å²) in [6, 6.07) is 13.3. The highest BCUT2D eigenvalue weighted by Gasteiger charge is 2.14. The normalized spacial score (nSPS) is 11.4. The maximum absolute atomic E-state index is 13.1. The van der Waals surface area contributed by atoms with Gasteiger partial charge >= 0.3 is 0 Å². The molecule has 17 heavy (non-hydrogen) atoms. The van der Waals surface area contributed by atoms with Crippen LogP contribution in [0.3, 0.4) is 0 Å². The van der Waals surface area contributed by atoms with Crippen molar-refractivity contribution in [2.45, 2.75) is 4.90 Å². The monoisotopic (exact) mass is 249 g/mol. The Balaban J connectivity index is 2.69. The van der Waals surface area contributed by atoms with Crippen LogP contribution in [0.5, 0.6) is 0 Å². The van der Waals surface area contributed by atoms with Crippen molar-refractivity contribution in [2.75, 3.05) is 6.26 Å². The van der Waals surface area contributed by atoms with E-state index in [9.17, 15) is 12.8 Å². The van der Waals surface area contributed by atoms with E-state index in [0.29, 0.717) is 11.1 Å². The molecule has 4 heteroatoms. The first-order valence-electron chi connectivity index (χ1n) is 4.95. The highest BCUT2D eigenvalue weighted by Crippen LogP contribution is 2.26. The average molecular weight is 249 g/mol. The molecule has 0 heterocycles. The van der Waals surface area contributed by atoms with Crippen LogP contribution in [0.2, 0.25) is 0 Å². The highest BCUT2D eigenvalue weighted by molar-refractivity contribution is 7.90. The van der Waals surface area contributed by atoms with Crippen LogP contribution in [-0.4, -0.2) is 14.7 Å². The third-order valence-corrected chi connectivity index (χ3v) is 3.47. The van der Waals surface area contributed by atoms with E-state index < -0.39 is 15.7 Å². The maximum atomic E-state index is 13.1. The molecule has 2 aromatic carbocycles. The van der Waals surface area contributed by atoms with E-state index in [-0.39, 0.29) is 4.90 Å². The van der Waals surface area contributed by atoms with E-state index >= 15 is 0 Å². The van der Waals surface area contributed by atoms with Gasteiger partial charge in [0.1, 0.15) is 5.82 Å². The summed E-state index contributed by atoms with van der Waals surface area (Å²) in [5.41, 5.74) is 0.903. The molecular weight excluding hydrogens is 239 g/mol. The molecule has 0 atom stereocenters. The maximum Gasteiger partial charge on any atom is 0.176 e. The van der Waals surface area contributed by atoms with Gasteiger partial charge in [-0.2, -0.15) is 0 Å². The Morgan fingerprint density at radius 2 is 1.94 bits per heavy atom. The number of sulfone groups is 1. The van der Waals surface area contributed by atoms with E-state index in [0.717, 1.165) is 6.26 Å². The van der Waals surface area contributed by atoms with Gasteiger partial charge < -0.3 is 0 Å². The standard InChI is InChI=1S/C13H10FO2S/c1-17(15,16)13-8-3-2-7-12(13)10-5-4-6-11(14)9-10/h2-6,8-9H,1H3. The Bertz CT molecular complexity index is 648. The SMILES string of the molecule is CS(=O)(=O)c1ccc[c]c1-c1cccc(F)c1. The number of hydrogen-bond acceptors (Lipinski definition) is 2. The lowest BCUT2D eigenvalue weighted by Crippen LogP contribution is -1.99. The third kappa shape index (κ3) is 2.53. The minimum atomic E-state index is -3.35. The summed E-state index contributed by atoms with van der Waals surface area (Å²) in [4.78, 5) is 0.158. The smallest absolute Gasteiger partial charge is 0.176 e. The fraction of sp³-hybridized carbons (Fsp3) is 0.0769. The molecule has 0 unspecified atom stereocenters. The van der Waals surface area contributed by atoms with Crippen molar-refractivity contribution >= 4 is 9.84 Å². The largest absolute Gasteiger partial charge is 0.224 e. The highest BCUT2D eigenvalue weighted by atomic mass is 32.2. The van der Waals surface area contributed by atoms with Crippen molar-refractivity contribution < 1.29 is 12.8 Å². The van der Waals surface area contributed by atoms with Crippen molar-refractivity contribution in [1.82, 2.24) is 0 Å². The van der Waals surface area contributed by atoms with Gasteiger partial charge in [0.25, 0.3) is 0 Å². The summed E-state index contributed by atoms with van der Waals surface area (Å²) in [7, 11) is -3.35. The summed E-state index contributed by atoms with van der Waals surface area (Å²) < 4.78 is 36.3. The van der Waals surface area contributed by atoms with Gasteiger partial charge in [0, 0.05) is 11.8 Å². The lowest BCUT2D eigenvalue weighted by molar-refractivity contribution is 0.602. The molecule has 0 aliphatic heterocycles. The summed E-state index contributed by atoms with van der Waals surface area (Å²) >= 11 is 0. The first kappa shape index (κ1) is 11.8. The van der Waals surface area contributed by atoms with E-state index in [1.807, 2.05) is 0 Å². The van der Waals surface area contributed by atoms with Gasteiger partial charge in [0.2, 0.25) is 0 Å². The zero-order valence-corrected chi connectivity index (χ0v) is 9.96. The molecule has 0 saturated heterocycles. The van der Waals surface area contributed by atoms with Crippen LogP contribution < -0.4 is 0 Å². The first-order chi connectivity index (χ1) is 7.98. The molecule has 0 aromatic heterocycles. The second kappa shape index (κ2) is 4.30. The molecule has 0 aliphatic rings. The fourth-order valence-corrected chi connectivity index (χ4v) is 2.47. The molecule has 0 bridgehead atoms. The molecule has 0 N–H and O–H groups in total. The van der Waals surface area contributed by atoms with Gasteiger partial charge in [0.15, 0.2) is 9.84 Å².